The van der Waals surface area contributed by atoms with E-state index in [1.165, 1.54) is 0 Å². The Morgan fingerprint density at radius 2 is 2.16 bits per heavy atom. The fourth-order valence-corrected chi connectivity index (χ4v) is 2.57. The van der Waals surface area contributed by atoms with E-state index in [4.69, 9.17) is 9.47 Å². The highest BCUT2D eigenvalue weighted by atomic mass is 32.2. The van der Waals surface area contributed by atoms with Gasteiger partial charge in [-0.1, -0.05) is 19.9 Å². The molecule has 1 amide bonds. The molecule has 4 nitrogen and oxygen atoms in total. The molecule has 0 aliphatic carbocycles. The first kappa shape index (κ1) is 14.1. The topological polar surface area (TPSA) is 47.6 Å². The van der Waals surface area contributed by atoms with E-state index in [9.17, 15) is 4.79 Å². The molecule has 5 heteroatoms. The van der Waals surface area contributed by atoms with Crippen LogP contribution in [0.25, 0.3) is 0 Å². The molecule has 1 aliphatic rings. The van der Waals surface area contributed by atoms with Gasteiger partial charge in [0.2, 0.25) is 12.7 Å². The molecule has 19 heavy (non-hydrogen) atoms. The van der Waals surface area contributed by atoms with Gasteiger partial charge in [0.1, 0.15) is 0 Å². The summed E-state index contributed by atoms with van der Waals surface area (Å²) in [7, 11) is 0. The summed E-state index contributed by atoms with van der Waals surface area (Å²) in [6.07, 6.45) is 0. The summed E-state index contributed by atoms with van der Waals surface area (Å²) in [6, 6.07) is 5.72. The van der Waals surface area contributed by atoms with E-state index in [1.54, 1.807) is 11.8 Å². The maximum absolute atomic E-state index is 11.6. The molecule has 1 aromatic rings. The number of benzene rings is 1. The summed E-state index contributed by atoms with van der Waals surface area (Å²) in [6.45, 7) is 5.10. The summed E-state index contributed by atoms with van der Waals surface area (Å²) in [5.74, 6) is 3.73. The van der Waals surface area contributed by atoms with Crippen molar-refractivity contribution < 1.29 is 14.3 Å². The zero-order valence-corrected chi connectivity index (χ0v) is 12.1. The standard InChI is InChI=1S/C14H19NO3S/c1-10(2)7-19-8-14(16)15-6-11-3-4-12-13(5-11)18-9-17-12/h3-5,10H,6-9H2,1-2H3,(H,15,16). The molecular formula is C14H19NO3S. The number of carbonyl (C=O) groups excluding carboxylic acids is 1. The lowest BCUT2D eigenvalue weighted by atomic mass is 10.2. The van der Waals surface area contributed by atoms with Crippen molar-refractivity contribution in [3.8, 4) is 11.5 Å². The number of thioether (sulfide) groups is 1. The molecule has 104 valence electrons. The van der Waals surface area contributed by atoms with Gasteiger partial charge in [-0.25, -0.2) is 0 Å². The Kier molecular flexibility index (Phi) is 4.96. The van der Waals surface area contributed by atoms with Gasteiger partial charge in [0.05, 0.1) is 5.75 Å². The first-order chi connectivity index (χ1) is 9.15. The molecule has 1 aromatic carbocycles. The van der Waals surface area contributed by atoms with Crippen molar-refractivity contribution in [2.75, 3.05) is 18.3 Å². The van der Waals surface area contributed by atoms with E-state index in [0.717, 1.165) is 22.8 Å². The van der Waals surface area contributed by atoms with Gasteiger partial charge in [-0.05, 0) is 29.4 Å². The van der Waals surface area contributed by atoms with E-state index in [1.807, 2.05) is 18.2 Å². The van der Waals surface area contributed by atoms with E-state index in [-0.39, 0.29) is 12.7 Å². The maximum Gasteiger partial charge on any atom is 0.231 e. The van der Waals surface area contributed by atoms with Crippen LogP contribution in [-0.2, 0) is 11.3 Å². The molecule has 0 spiro atoms. The Labute approximate surface area is 117 Å². The Balaban J connectivity index is 1.74. The van der Waals surface area contributed by atoms with Crippen LogP contribution in [0.5, 0.6) is 11.5 Å². The Hall–Kier alpha value is -1.36. The van der Waals surface area contributed by atoms with Crippen LogP contribution in [0.1, 0.15) is 19.4 Å². The number of ether oxygens (including phenoxy) is 2. The maximum atomic E-state index is 11.6. The van der Waals surface area contributed by atoms with Crippen molar-refractivity contribution in [1.29, 1.82) is 0 Å². The monoisotopic (exact) mass is 281 g/mol. The van der Waals surface area contributed by atoms with Crippen LogP contribution in [0.4, 0.5) is 0 Å². The molecule has 0 bridgehead atoms. The lowest BCUT2D eigenvalue weighted by Crippen LogP contribution is -2.24. The third kappa shape index (κ3) is 4.35. The molecule has 0 aromatic heterocycles. The molecule has 1 heterocycles. The van der Waals surface area contributed by atoms with Gasteiger partial charge in [-0.15, -0.1) is 0 Å². The molecule has 0 radical (unpaired) electrons. The third-order valence-corrected chi connectivity index (χ3v) is 3.98. The highest BCUT2D eigenvalue weighted by molar-refractivity contribution is 7.99. The molecule has 0 saturated heterocycles. The quantitative estimate of drug-likeness (QED) is 0.870. The number of hydrogen-bond acceptors (Lipinski definition) is 4. The Bertz CT molecular complexity index is 448. The van der Waals surface area contributed by atoms with Crippen LogP contribution in [-0.4, -0.2) is 24.2 Å². The lowest BCUT2D eigenvalue weighted by molar-refractivity contribution is -0.118. The van der Waals surface area contributed by atoms with Crippen LogP contribution in [0.2, 0.25) is 0 Å². The van der Waals surface area contributed by atoms with E-state index in [2.05, 4.69) is 19.2 Å². The number of nitrogens with one attached hydrogen (secondary N) is 1. The second kappa shape index (κ2) is 6.70. The van der Waals surface area contributed by atoms with Crippen LogP contribution >= 0.6 is 11.8 Å². The molecule has 2 rings (SSSR count). The first-order valence-electron chi connectivity index (χ1n) is 6.38. The lowest BCUT2D eigenvalue weighted by Gasteiger charge is -2.07. The van der Waals surface area contributed by atoms with Gasteiger partial charge in [0.25, 0.3) is 0 Å². The summed E-state index contributed by atoms with van der Waals surface area (Å²) in [5, 5.41) is 2.91. The Morgan fingerprint density at radius 3 is 2.95 bits per heavy atom. The largest absolute Gasteiger partial charge is 0.454 e. The van der Waals surface area contributed by atoms with E-state index in [0.29, 0.717) is 18.2 Å². The average molecular weight is 281 g/mol. The summed E-state index contributed by atoms with van der Waals surface area (Å²) >= 11 is 1.67. The van der Waals surface area contributed by atoms with Gasteiger partial charge < -0.3 is 14.8 Å². The minimum absolute atomic E-state index is 0.0725. The zero-order chi connectivity index (χ0) is 13.7. The second-order valence-corrected chi connectivity index (χ2v) is 5.90. The molecular weight excluding hydrogens is 262 g/mol. The van der Waals surface area contributed by atoms with Gasteiger partial charge in [-0.2, -0.15) is 11.8 Å². The van der Waals surface area contributed by atoms with Gasteiger partial charge in [0, 0.05) is 6.54 Å². The Morgan fingerprint density at radius 1 is 1.37 bits per heavy atom. The zero-order valence-electron chi connectivity index (χ0n) is 11.3. The smallest absolute Gasteiger partial charge is 0.231 e. The molecule has 1 aliphatic heterocycles. The van der Waals surface area contributed by atoms with Crippen LogP contribution in [0.3, 0.4) is 0 Å². The van der Waals surface area contributed by atoms with Crippen LogP contribution in [0.15, 0.2) is 18.2 Å². The molecule has 1 N–H and O–H groups in total. The molecule has 0 unspecified atom stereocenters. The number of fused-ring (bicyclic) bond motifs is 1. The predicted octanol–water partition coefficient (Wildman–Crippen LogP) is 2.42. The highest BCUT2D eigenvalue weighted by Gasteiger charge is 2.13. The van der Waals surface area contributed by atoms with E-state index < -0.39 is 0 Å². The van der Waals surface area contributed by atoms with Crippen molar-refractivity contribution in [3.05, 3.63) is 23.8 Å². The summed E-state index contributed by atoms with van der Waals surface area (Å²) in [4.78, 5) is 11.6. The van der Waals surface area contributed by atoms with Crippen molar-refractivity contribution in [1.82, 2.24) is 5.32 Å². The molecule has 0 saturated carbocycles. The van der Waals surface area contributed by atoms with Crippen molar-refractivity contribution >= 4 is 17.7 Å². The fourth-order valence-electron chi connectivity index (χ4n) is 1.69. The summed E-state index contributed by atoms with van der Waals surface area (Å²) < 4.78 is 10.5. The minimum Gasteiger partial charge on any atom is -0.454 e. The van der Waals surface area contributed by atoms with Gasteiger partial charge in [-0.3, -0.25) is 4.79 Å². The van der Waals surface area contributed by atoms with Gasteiger partial charge in [0.15, 0.2) is 11.5 Å². The average Bonchev–Trinajstić information content (AvgIpc) is 2.83. The van der Waals surface area contributed by atoms with Gasteiger partial charge >= 0.3 is 0 Å². The normalized spacial score (nSPS) is 12.8. The van der Waals surface area contributed by atoms with Crippen LogP contribution < -0.4 is 14.8 Å². The predicted molar refractivity (Wildman–Crippen MR) is 76.6 cm³/mol. The highest BCUT2D eigenvalue weighted by Crippen LogP contribution is 2.32. The first-order valence-corrected chi connectivity index (χ1v) is 7.53. The third-order valence-electron chi connectivity index (χ3n) is 2.61. The van der Waals surface area contributed by atoms with Crippen molar-refractivity contribution in [2.45, 2.75) is 20.4 Å². The molecule has 0 fully saturated rings. The number of amides is 1. The molecule has 0 atom stereocenters. The second-order valence-electron chi connectivity index (χ2n) is 4.87. The fraction of sp³-hybridized carbons (Fsp3) is 0.500. The van der Waals surface area contributed by atoms with Crippen molar-refractivity contribution in [2.24, 2.45) is 5.92 Å². The van der Waals surface area contributed by atoms with E-state index >= 15 is 0 Å². The number of carbonyl (C=O) groups is 1. The number of rotatable bonds is 6. The van der Waals surface area contributed by atoms with Crippen LogP contribution in [0, 0.1) is 5.92 Å². The minimum atomic E-state index is 0.0725. The number of hydrogen-bond donors (Lipinski definition) is 1. The SMILES string of the molecule is CC(C)CSCC(=O)NCc1ccc2c(c1)OCO2. The van der Waals surface area contributed by atoms with Crippen molar-refractivity contribution in [3.63, 3.8) is 0 Å². The summed E-state index contributed by atoms with van der Waals surface area (Å²) in [5.41, 5.74) is 1.02.